The van der Waals surface area contributed by atoms with Crippen molar-refractivity contribution in [3.05, 3.63) is 0 Å². The Morgan fingerprint density at radius 1 is 1.31 bits per heavy atom. The van der Waals surface area contributed by atoms with Gasteiger partial charge in [-0.25, -0.2) is 0 Å². The van der Waals surface area contributed by atoms with E-state index in [1.807, 2.05) is 0 Å². The van der Waals surface area contributed by atoms with Gasteiger partial charge in [0.05, 0.1) is 17.9 Å². The summed E-state index contributed by atoms with van der Waals surface area (Å²) in [6.45, 7) is 0. The predicted molar refractivity (Wildman–Crippen MR) is 43.0 cm³/mol. The van der Waals surface area contributed by atoms with Crippen molar-refractivity contribution in [2.24, 2.45) is 10.8 Å². The Bertz CT molecular complexity index is 285. The number of methoxy groups -OCH3 is 1. The van der Waals surface area contributed by atoms with Crippen LogP contribution in [0.5, 0.6) is 0 Å². The van der Waals surface area contributed by atoms with Crippen LogP contribution < -0.4 is 0 Å². The van der Waals surface area contributed by atoms with Gasteiger partial charge in [0.1, 0.15) is 0 Å². The summed E-state index contributed by atoms with van der Waals surface area (Å²) >= 11 is 0. The monoisotopic (exact) mass is 184 g/mol. The minimum absolute atomic E-state index is 0.340. The molecule has 2 fully saturated rings. The van der Waals surface area contributed by atoms with E-state index in [0.717, 1.165) is 6.42 Å². The molecular weight excluding hydrogens is 172 g/mol. The van der Waals surface area contributed by atoms with E-state index >= 15 is 0 Å². The number of aliphatic carboxylic acids is 1. The summed E-state index contributed by atoms with van der Waals surface area (Å²) in [5.41, 5.74) is -1.45. The minimum atomic E-state index is -0.838. The van der Waals surface area contributed by atoms with Crippen LogP contribution in [0.25, 0.3) is 0 Å². The van der Waals surface area contributed by atoms with E-state index in [-0.39, 0.29) is 5.97 Å². The van der Waals surface area contributed by atoms with E-state index in [2.05, 4.69) is 4.74 Å². The number of ether oxygens (including phenoxy) is 1. The lowest BCUT2D eigenvalue weighted by Crippen LogP contribution is -2.26. The van der Waals surface area contributed by atoms with E-state index in [1.54, 1.807) is 0 Å². The van der Waals surface area contributed by atoms with Gasteiger partial charge < -0.3 is 9.84 Å². The number of rotatable bonds is 2. The normalized spacial score (nSPS) is 41.0. The number of hydrogen-bond acceptors (Lipinski definition) is 3. The van der Waals surface area contributed by atoms with Crippen molar-refractivity contribution in [3.63, 3.8) is 0 Å². The maximum absolute atomic E-state index is 11.4. The number of carboxylic acid groups (broad SMARTS) is 1. The lowest BCUT2D eigenvalue weighted by Gasteiger charge is -2.11. The number of hydrogen-bond donors (Lipinski definition) is 1. The molecule has 1 N–H and O–H groups in total. The molecule has 4 nitrogen and oxygen atoms in total. The van der Waals surface area contributed by atoms with Gasteiger partial charge in [-0.05, 0) is 19.3 Å². The van der Waals surface area contributed by atoms with E-state index in [1.165, 1.54) is 7.11 Å². The van der Waals surface area contributed by atoms with Crippen LogP contribution in [-0.2, 0) is 14.3 Å². The number of carboxylic acids is 1. The van der Waals surface area contributed by atoms with Gasteiger partial charge >= 0.3 is 11.9 Å². The van der Waals surface area contributed by atoms with E-state index in [0.29, 0.717) is 19.3 Å². The molecule has 13 heavy (non-hydrogen) atoms. The fraction of sp³-hybridized carbons (Fsp3) is 0.778. The molecule has 0 heterocycles. The summed E-state index contributed by atoms with van der Waals surface area (Å²) in [7, 11) is 1.32. The van der Waals surface area contributed by atoms with Gasteiger partial charge in [0.25, 0.3) is 0 Å². The zero-order chi connectivity index (χ0) is 9.69. The molecule has 2 aliphatic rings. The molecule has 0 aromatic heterocycles. The molecule has 2 atom stereocenters. The van der Waals surface area contributed by atoms with Crippen LogP contribution in [0.1, 0.15) is 25.7 Å². The summed E-state index contributed by atoms with van der Waals surface area (Å²) in [5.74, 6) is -1.18. The van der Waals surface area contributed by atoms with Crippen molar-refractivity contribution >= 4 is 11.9 Å². The Labute approximate surface area is 75.9 Å². The SMILES string of the molecule is COC(=O)C12CCCC1(C(=O)O)C2. The molecule has 0 amide bonds. The van der Waals surface area contributed by atoms with Crippen LogP contribution in [0.4, 0.5) is 0 Å². The fourth-order valence-electron chi connectivity index (χ4n) is 2.77. The molecular formula is C9H12O4. The number of carbonyl (C=O) groups is 2. The van der Waals surface area contributed by atoms with Crippen molar-refractivity contribution in [1.29, 1.82) is 0 Å². The Kier molecular flexibility index (Phi) is 1.47. The predicted octanol–water partition coefficient (Wildman–Crippen LogP) is 0.804. The van der Waals surface area contributed by atoms with Crippen molar-refractivity contribution in [2.45, 2.75) is 25.7 Å². The largest absolute Gasteiger partial charge is 0.481 e. The topological polar surface area (TPSA) is 63.6 Å². The van der Waals surface area contributed by atoms with Crippen molar-refractivity contribution in [2.75, 3.05) is 7.11 Å². The zero-order valence-corrected chi connectivity index (χ0v) is 7.50. The molecule has 0 radical (unpaired) electrons. The van der Waals surface area contributed by atoms with Gasteiger partial charge in [-0.15, -0.1) is 0 Å². The fourth-order valence-corrected chi connectivity index (χ4v) is 2.77. The zero-order valence-electron chi connectivity index (χ0n) is 7.50. The third-order valence-corrected chi connectivity index (χ3v) is 3.59. The van der Waals surface area contributed by atoms with Crippen LogP contribution in [-0.4, -0.2) is 24.2 Å². The molecule has 0 aromatic rings. The molecule has 2 rings (SSSR count). The highest BCUT2D eigenvalue weighted by atomic mass is 16.5. The maximum atomic E-state index is 11.4. The second kappa shape index (κ2) is 2.25. The summed E-state index contributed by atoms with van der Waals surface area (Å²) in [5, 5.41) is 9.02. The first-order chi connectivity index (χ1) is 6.09. The first kappa shape index (κ1) is 8.53. The smallest absolute Gasteiger partial charge is 0.313 e. The molecule has 0 spiro atoms. The van der Waals surface area contributed by atoms with Crippen molar-refractivity contribution in [3.8, 4) is 0 Å². The highest BCUT2D eigenvalue weighted by Gasteiger charge is 2.78. The number of fused-ring (bicyclic) bond motifs is 1. The summed E-state index contributed by atoms with van der Waals surface area (Å²) in [6, 6.07) is 0. The average Bonchev–Trinajstić information content (AvgIpc) is 2.65. The lowest BCUT2D eigenvalue weighted by atomic mass is 9.97. The van der Waals surface area contributed by atoms with E-state index in [9.17, 15) is 9.59 Å². The van der Waals surface area contributed by atoms with Gasteiger partial charge in [0, 0.05) is 0 Å². The summed E-state index contributed by atoms with van der Waals surface area (Å²) in [6.07, 6.45) is 2.59. The molecule has 72 valence electrons. The Balaban J connectivity index is 2.29. The maximum Gasteiger partial charge on any atom is 0.313 e. The van der Waals surface area contributed by atoms with Gasteiger partial charge in [0.15, 0.2) is 0 Å². The first-order valence-corrected chi connectivity index (χ1v) is 4.41. The highest BCUT2D eigenvalue weighted by molar-refractivity contribution is 5.94. The van der Waals surface area contributed by atoms with Crippen LogP contribution >= 0.6 is 0 Å². The molecule has 0 bridgehead atoms. The molecule has 2 aliphatic carbocycles. The highest BCUT2D eigenvalue weighted by Crippen LogP contribution is 2.74. The number of esters is 1. The van der Waals surface area contributed by atoms with Gasteiger partial charge in [-0.2, -0.15) is 0 Å². The molecule has 0 aromatic carbocycles. The molecule has 0 saturated heterocycles. The van der Waals surface area contributed by atoms with Crippen LogP contribution in [0, 0.1) is 10.8 Å². The molecule has 4 heteroatoms. The van der Waals surface area contributed by atoms with Crippen LogP contribution in [0.2, 0.25) is 0 Å². The van der Waals surface area contributed by atoms with E-state index < -0.39 is 16.8 Å². The molecule has 0 aliphatic heterocycles. The minimum Gasteiger partial charge on any atom is -0.481 e. The Hall–Kier alpha value is -1.06. The van der Waals surface area contributed by atoms with Gasteiger partial charge in [-0.3, -0.25) is 9.59 Å². The van der Waals surface area contributed by atoms with E-state index in [4.69, 9.17) is 5.11 Å². The molecule has 2 saturated carbocycles. The quantitative estimate of drug-likeness (QED) is 0.645. The van der Waals surface area contributed by atoms with Crippen molar-refractivity contribution < 1.29 is 19.4 Å². The average molecular weight is 184 g/mol. The van der Waals surface area contributed by atoms with Gasteiger partial charge in [-0.1, -0.05) is 6.42 Å². The van der Waals surface area contributed by atoms with Gasteiger partial charge in [0.2, 0.25) is 0 Å². The molecule has 2 unspecified atom stereocenters. The Morgan fingerprint density at radius 3 is 2.38 bits per heavy atom. The third-order valence-electron chi connectivity index (χ3n) is 3.59. The summed E-state index contributed by atoms with van der Waals surface area (Å²) < 4.78 is 4.65. The van der Waals surface area contributed by atoms with Crippen LogP contribution in [0.3, 0.4) is 0 Å². The standard InChI is InChI=1S/C9H12O4/c1-13-7(12)9-4-2-3-8(9,5-9)6(10)11/h2-5H2,1H3,(H,10,11). The van der Waals surface area contributed by atoms with Crippen LogP contribution in [0.15, 0.2) is 0 Å². The second-order valence-electron chi connectivity index (χ2n) is 3.99. The summed E-state index contributed by atoms with van der Waals surface area (Å²) in [4.78, 5) is 22.4. The van der Waals surface area contributed by atoms with Crippen molar-refractivity contribution in [1.82, 2.24) is 0 Å². The second-order valence-corrected chi connectivity index (χ2v) is 3.99. The lowest BCUT2D eigenvalue weighted by molar-refractivity contribution is -0.154. The first-order valence-electron chi connectivity index (χ1n) is 4.41. The third kappa shape index (κ3) is 0.759. The number of carbonyl (C=O) groups excluding carboxylic acids is 1. The Morgan fingerprint density at radius 2 is 1.92 bits per heavy atom.